The maximum absolute atomic E-state index is 8.81. The Hall–Kier alpha value is -1.36. The first-order valence-corrected chi connectivity index (χ1v) is 7.87. The van der Waals surface area contributed by atoms with Crippen LogP contribution in [0.4, 0.5) is 0 Å². The van der Waals surface area contributed by atoms with Gasteiger partial charge in [-0.3, -0.25) is 0 Å². The van der Waals surface area contributed by atoms with Gasteiger partial charge in [-0.05, 0) is 24.3 Å². The molecule has 2 nitrogen and oxygen atoms in total. The molecule has 0 unspecified atom stereocenters. The van der Waals surface area contributed by atoms with Gasteiger partial charge < -0.3 is 5.11 Å². The number of hydrogen-bond donors (Lipinski definition) is 1. The summed E-state index contributed by atoms with van der Waals surface area (Å²) in [5, 5.41) is 9.87. The fourth-order valence-corrected chi connectivity index (χ4v) is 3.48. The second-order valence-electron chi connectivity index (χ2n) is 4.08. The summed E-state index contributed by atoms with van der Waals surface area (Å²) in [4.78, 5) is 5.83. The third-order valence-corrected chi connectivity index (χ3v) is 4.83. The molecule has 0 aliphatic rings. The number of aromatic nitrogens is 1. The lowest BCUT2D eigenvalue weighted by Crippen LogP contribution is -1.85. The first kappa shape index (κ1) is 12.7. The standard InChI is InChI=1S/C15H13NOS2/c17-9-10-18-12-7-5-11(6-8-12)15-16-13-3-1-2-4-14(13)19-15/h1-8,17H,9-10H2. The Bertz CT molecular complexity index is 643. The van der Waals surface area contributed by atoms with Gasteiger partial charge in [0.1, 0.15) is 5.01 Å². The quantitative estimate of drug-likeness (QED) is 0.735. The molecule has 0 spiro atoms. The average Bonchev–Trinajstić information content (AvgIpc) is 2.89. The Morgan fingerprint density at radius 3 is 2.58 bits per heavy atom. The van der Waals surface area contributed by atoms with Crippen molar-refractivity contribution in [2.45, 2.75) is 4.90 Å². The number of aliphatic hydroxyl groups is 1. The van der Waals surface area contributed by atoms with Gasteiger partial charge in [0.15, 0.2) is 0 Å². The molecule has 0 bridgehead atoms. The second kappa shape index (κ2) is 5.74. The van der Waals surface area contributed by atoms with Gasteiger partial charge in [-0.15, -0.1) is 23.1 Å². The van der Waals surface area contributed by atoms with Gasteiger partial charge in [0.2, 0.25) is 0 Å². The zero-order valence-electron chi connectivity index (χ0n) is 10.2. The number of nitrogens with zero attached hydrogens (tertiary/aromatic N) is 1. The maximum Gasteiger partial charge on any atom is 0.124 e. The molecule has 0 aliphatic heterocycles. The van der Waals surface area contributed by atoms with Crippen molar-refractivity contribution in [2.24, 2.45) is 0 Å². The van der Waals surface area contributed by atoms with Crippen LogP contribution in [0.25, 0.3) is 20.8 Å². The summed E-state index contributed by atoms with van der Waals surface area (Å²) in [6, 6.07) is 16.6. The minimum absolute atomic E-state index is 0.213. The monoisotopic (exact) mass is 287 g/mol. The first-order chi connectivity index (χ1) is 9.36. The number of benzene rings is 2. The zero-order chi connectivity index (χ0) is 13.1. The van der Waals surface area contributed by atoms with E-state index < -0.39 is 0 Å². The van der Waals surface area contributed by atoms with E-state index in [-0.39, 0.29) is 6.61 Å². The van der Waals surface area contributed by atoms with Crippen LogP contribution in [0.2, 0.25) is 0 Å². The summed E-state index contributed by atoms with van der Waals surface area (Å²) in [6.45, 7) is 0.213. The minimum Gasteiger partial charge on any atom is -0.396 e. The highest BCUT2D eigenvalue weighted by atomic mass is 32.2. The van der Waals surface area contributed by atoms with Crippen molar-refractivity contribution in [2.75, 3.05) is 12.4 Å². The molecule has 2 aromatic carbocycles. The molecule has 1 N–H and O–H groups in total. The highest BCUT2D eigenvalue weighted by Crippen LogP contribution is 2.31. The molecule has 0 fully saturated rings. The van der Waals surface area contributed by atoms with Crippen molar-refractivity contribution in [3.8, 4) is 10.6 Å². The van der Waals surface area contributed by atoms with Crippen molar-refractivity contribution in [1.82, 2.24) is 4.98 Å². The minimum atomic E-state index is 0.213. The molecule has 0 aliphatic carbocycles. The summed E-state index contributed by atoms with van der Waals surface area (Å²) in [7, 11) is 0. The Labute approximate surface area is 120 Å². The molecule has 4 heteroatoms. The predicted octanol–water partition coefficient (Wildman–Crippen LogP) is 4.05. The molecule has 0 atom stereocenters. The van der Waals surface area contributed by atoms with Gasteiger partial charge in [-0.25, -0.2) is 4.98 Å². The number of hydrogen-bond acceptors (Lipinski definition) is 4. The lowest BCUT2D eigenvalue weighted by Gasteiger charge is -2.00. The van der Waals surface area contributed by atoms with E-state index in [1.54, 1.807) is 23.1 Å². The largest absolute Gasteiger partial charge is 0.396 e. The molecule has 19 heavy (non-hydrogen) atoms. The number of aliphatic hydroxyl groups excluding tert-OH is 1. The number of thioether (sulfide) groups is 1. The number of thiazole rings is 1. The maximum atomic E-state index is 8.81. The molecule has 0 saturated carbocycles. The third kappa shape index (κ3) is 2.81. The first-order valence-electron chi connectivity index (χ1n) is 6.06. The molecular weight excluding hydrogens is 274 g/mol. The van der Waals surface area contributed by atoms with Crippen LogP contribution in [0.5, 0.6) is 0 Å². The Balaban J connectivity index is 1.88. The molecule has 3 rings (SSSR count). The van der Waals surface area contributed by atoms with Gasteiger partial charge in [-0.2, -0.15) is 0 Å². The van der Waals surface area contributed by atoms with Crippen molar-refractivity contribution < 1.29 is 5.11 Å². The van der Waals surface area contributed by atoms with Crippen LogP contribution in [-0.4, -0.2) is 22.5 Å². The van der Waals surface area contributed by atoms with Crippen LogP contribution < -0.4 is 0 Å². The van der Waals surface area contributed by atoms with Crippen LogP contribution in [-0.2, 0) is 0 Å². The average molecular weight is 287 g/mol. The van der Waals surface area contributed by atoms with Crippen molar-refractivity contribution >= 4 is 33.3 Å². The fraction of sp³-hybridized carbons (Fsp3) is 0.133. The summed E-state index contributed by atoms with van der Waals surface area (Å²) < 4.78 is 1.22. The number of para-hydroxylation sites is 1. The van der Waals surface area contributed by atoms with Crippen LogP contribution >= 0.6 is 23.1 Å². The number of rotatable bonds is 4. The topological polar surface area (TPSA) is 33.1 Å². The Kier molecular flexibility index (Phi) is 3.82. The number of fused-ring (bicyclic) bond motifs is 1. The van der Waals surface area contributed by atoms with Crippen LogP contribution in [0.1, 0.15) is 0 Å². The lowest BCUT2D eigenvalue weighted by molar-refractivity contribution is 0.322. The van der Waals surface area contributed by atoms with Crippen LogP contribution in [0, 0.1) is 0 Å². The van der Waals surface area contributed by atoms with Gasteiger partial charge in [-0.1, -0.05) is 24.3 Å². The van der Waals surface area contributed by atoms with E-state index >= 15 is 0 Å². The predicted molar refractivity (Wildman–Crippen MR) is 82.9 cm³/mol. The van der Waals surface area contributed by atoms with Crippen LogP contribution in [0.15, 0.2) is 53.4 Å². The molecular formula is C15H13NOS2. The van der Waals surface area contributed by atoms with Crippen molar-refractivity contribution in [3.05, 3.63) is 48.5 Å². The molecule has 0 radical (unpaired) electrons. The lowest BCUT2D eigenvalue weighted by atomic mass is 10.2. The van der Waals surface area contributed by atoms with Gasteiger partial charge in [0.25, 0.3) is 0 Å². The van der Waals surface area contributed by atoms with E-state index in [0.717, 1.165) is 21.8 Å². The Morgan fingerprint density at radius 2 is 1.84 bits per heavy atom. The molecule has 3 aromatic rings. The second-order valence-corrected chi connectivity index (χ2v) is 6.28. The zero-order valence-corrected chi connectivity index (χ0v) is 11.9. The summed E-state index contributed by atoms with van der Waals surface area (Å²) >= 11 is 3.38. The summed E-state index contributed by atoms with van der Waals surface area (Å²) in [6.07, 6.45) is 0. The van der Waals surface area contributed by atoms with E-state index in [4.69, 9.17) is 5.11 Å². The van der Waals surface area contributed by atoms with Crippen LogP contribution in [0.3, 0.4) is 0 Å². The molecule has 1 aromatic heterocycles. The molecule has 0 saturated heterocycles. The van der Waals surface area contributed by atoms with Gasteiger partial charge >= 0.3 is 0 Å². The fourth-order valence-electron chi connectivity index (χ4n) is 1.85. The smallest absolute Gasteiger partial charge is 0.124 e. The van der Waals surface area contributed by atoms with E-state index in [0.29, 0.717) is 0 Å². The van der Waals surface area contributed by atoms with Crippen molar-refractivity contribution in [1.29, 1.82) is 0 Å². The molecule has 96 valence electrons. The van der Waals surface area contributed by atoms with E-state index in [1.807, 2.05) is 18.2 Å². The van der Waals surface area contributed by atoms with E-state index in [9.17, 15) is 0 Å². The molecule has 1 heterocycles. The normalized spacial score (nSPS) is 11.0. The van der Waals surface area contributed by atoms with E-state index in [1.165, 1.54) is 9.60 Å². The van der Waals surface area contributed by atoms with Crippen molar-refractivity contribution in [3.63, 3.8) is 0 Å². The van der Waals surface area contributed by atoms with E-state index in [2.05, 4.69) is 35.3 Å². The highest BCUT2D eigenvalue weighted by molar-refractivity contribution is 7.99. The summed E-state index contributed by atoms with van der Waals surface area (Å²) in [5.74, 6) is 0.737. The van der Waals surface area contributed by atoms with Gasteiger partial charge in [0, 0.05) is 16.2 Å². The third-order valence-electron chi connectivity index (χ3n) is 2.76. The molecule has 0 amide bonds. The SMILES string of the molecule is OCCSc1ccc(-c2nc3ccccc3s2)cc1. The highest BCUT2D eigenvalue weighted by Gasteiger charge is 2.05. The summed E-state index contributed by atoms with van der Waals surface area (Å²) in [5.41, 5.74) is 2.20. The Morgan fingerprint density at radius 1 is 1.05 bits per heavy atom. The van der Waals surface area contributed by atoms with Gasteiger partial charge in [0.05, 0.1) is 16.8 Å².